The second kappa shape index (κ2) is 6.81. The largest absolute Gasteiger partial charge is 0.393 e. The van der Waals surface area contributed by atoms with Gasteiger partial charge in [-0.05, 0) is 36.4 Å². The maximum atomic E-state index is 6.24. The highest BCUT2D eigenvalue weighted by molar-refractivity contribution is 6.32. The molecular weight excluding hydrogens is 350 g/mol. The van der Waals surface area contributed by atoms with Gasteiger partial charge >= 0.3 is 0 Å². The summed E-state index contributed by atoms with van der Waals surface area (Å²) in [5.41, 5.74) is 8.96. The van der Waals surface area contributed by atoms with Gasteiger partial charge in [0.1, 0.15) is 12.0 Å². The molecule has 4 rings (SSSR count). The SMILES string of the molecule is Nc1c(Nc2cccnc2Cl)ncnc1Nc1cccc2ncccc12. The van der Waals surface area contributed by atoms with Crippen LogP contribution in [-0.2, 0) is 0 Å². The van der Waals surface area contributed by atoms with E-state index in [0.29, 0.717) is 28.2 Å². The van der Waals surface area contributed by atoms with E-state index in [9.17, 15) is 0 Å². The van der Waals surface area contributed by atoms with Gasteiger partial charge in [-0.1, -0.05) is 17.7 Å². The van der Waals surface area contributed by atoms with Crippen LogP contribution < -0.4 is 16.4 Å². The molecule has 0 unspecified atom stereocenters. The Labute approximate surface area is 154 Å². The third-order valence-electron chi connectivity index (χ3n) is 3.79. The van der Waals surface area contributed by atoms with Crippen molar-refractivity contribution < 1.29 is 0 Å². The molecule has 3 aromatic heterocycles. The predicted octanol–water partition coefficient (Wildman–Crippen LogP) is 4.14. The van der Waals surface area contributed by atoms with Gasteiger partial charge in [-0.15, -0.1) is 0 Å². The normalized spacial score (nSPS) is 10.7. The van der Waals surface area contributed by atoms with Gasteiger partial charge in [0.15, 0.2) is 16.8 Å². The van der Waals surface area contributed by atoms with Crippen LogP contribution in [0.4, 0.5) is 28.7 Å². The molecular formula is C18H14ClN7. The molecule has 0 fully saturated rings. The number of benzene rings is 1. The molecule has 3 heterocycles. The highest BCUT2D eigenvalue weighted by Crippen LogP contribution is 2.31. The zero-order valence-corrected chi connectivity index (χ0v) is 14.3. The Morgan fingerprint density at radius 2 is 1.46 bits per heavy atom. The zero-order valence-electron chi connectivity index (χ0n) is 13.5. The van der Waals surface area contributed by atoms with Crippen molar-refractivity contribution in [3.63, 3.8) is 0 Å². The molecule has 0 aliphatic heterocycles. The van der Waals surface area contributed by atoms with Crippen LogP contribution in [0.15, 0.2) is 61.2 Å². The van der Waals surface area contributed by atoms with Crippen molar-refractivity contribution in [3.05, 3.63) is 66.3 Å². The maximum absolute atomic E-state index is 6.24. The van der Waals surface area contributed by atoms with Crippen LogP contribution in [0, 0.1) is 0 Å². The number of hydrogen-bond acceptors (Lipinski definition) is 7. The van der Waals surface area contributed by atoms with Gasteiger partial charge in [-0.3, -0.25) is 4.98 Å². The predicted molar refractivity (Wildman–Crippen MR) is 104 cm³/mol. The number of halogens is 1. The van der Waals surface area contributed by atoms with Crippen molar-refractivity contribution in [2.24, 2.45) is 0 Å². The summed E-state index contributed by atoms with van der Waals surface area (Å²) in [4.78, 5) is 16.8. The number of rotatable bonds is 4. The Balaban J connectivity index is 1.69. The summed E-state index contributed by atoms with van der Waals surface area (Å²) in [6, 6.07) is 13.2. The van der Waals surface area contributed by atoms with E-state index in [1.54, 1.807) is 24.5 Å². The highest BCUT2D eigenvalue weighted by atomic mass is 35.5. The number of pyridine rings is 2. The molecule has 0 bridgehead atoms. The molecule has 0 radical (unpaired) electrons. The van der Waals surface area contributed by atoms with E-state index in [0.717, 1.165) is 16.6 Å². The lowest BCUT2D eigenvalue weighted by molar-refractivity contribution is 1.17. The number of nitrogens with zero attached hydrogens (tertiary/aromatic N) is 4. The molecule has 4 N–H and O–H groups in total. The molecule has 0 saturated carbocycles. The van der Waals surface area contributed by atoms with Gasteiger partial charge in [0.2, 0.25) is 0 Å². The maximum Gasteiger partial charge on any atom is 0.159 e. The monoisotopic (exact) mass is 363 g/mol. The van der Waals surface area contributed by atoms with Crippen molar-refractivity contribution in [3.8, 4) is 0 Å². The molecule has 1 aromatic carbocycles. The van der Waals surface area contributed by atoms with E-state index in [-0.39, 0.29) is 0 Å². The van der Waals surface area contributed by atoms with Crippen molar-refractivity contribution in [1.82, 2.24) is 19.9 Å². The average Bonchev–Trinajstić information content (AvgIpc) is 2.67. The molecule has 0 spiro atoms. The summed E-state index contributed by atoms with van der Waals surface area (Å²) in [6.45, 7) is 0. The van der Waals surface area contributed by atoms with Crippen molar-refractivity contribution >= 4 is 51.2 Å². The standard InChI is InChI=1S/C18H14ClN7/c19-16-14(7-3-9-22-16)26-18-15(20)17(23-10-24-18)25-13-6-1-5-12-11(13)4-2-8-21-12/h1-10H,20H2,(H2,23,24,25,26). The lowest BCUT2D eigenvalue weighted by atomic mass is 10.2. The number of nitrogens with two attached hydrogens (primary N) is 1. The first-order chi connectivity index (χ1) is 12.7. The number of fused-ring (bicyclic) bond motifs is 1. The number of anilines is 5. The minimum atomic E-state index is 0.333. The fraction of sp³-hybridized carbons (Fsp3) is 0. The van der Waals surface area contributed by atoms with Gasteiger partial charge in [-0.2, -0.15) is 0 Å². The summed E-state index contributed by atoms with van der Waals surface area (Å²) in [6.07, 6.45) is 4.79. The molecule has 128 valence electrons. The summed E-state index contributed by atoms with van der Waals surface area (Å²) in [5.74, 6) is 0.926. The van der Waals surface area contributed by atoms with Crippen molar-refractivity contribution in [1.29, 1.82) is 0 Å². The molecule has 0 saturated heterocycles. The van der Waals surface area contributed by atoms with E-state index in [2.05, 4.69) is 30.6 Å². The lowest BCUT2D eigenvalue weighted by Crippen LogP contribution is -2.05. The molecule has 7 nitrogen and oxygen atoms in total. The van der Waals surface area contributed by atoms with Crippen LogP contribution >= 0.6 is 11.6 Å². The molecule has 0 atom stereocenters. The number of aromatic nitrogens is 4. The van der Waals surface area contributed by atoms with Crippen LogP contribution in [0.2, 0.25) is 5.15 Å². The van der Waals surface area contributed by atoms with Crippen LogP contribution in [0.1, 0.15) is 0 Å². The summed E-state index contributed by atoms with van der Waals surface area (Å²) in [7, 11) is 0. The van der Waals surface area contributed by atoms with Crippen molar-refractivity contribution in [2.75, 3.05) is 16.4 Å². The molecule has 0 aliphatic rings. The lowest BCUT2D eigenvalue weighted by Gasteiger charge is -2.14. The second-order valence-corrected chi connectivity index (χ2v) is 5.81. The Bertz CT molecular complexity index is 1080. The van der Waals surface area contributed by atoms with E-state index in [4.69, 9.17) is 17.3 Å². The number of hydrogen-bond donors (Lipinski definition) is 3. The first-order valence-corrected chi connectivity index (χ1v) is 8.19. The molecule has 26 heavy (non-hydrogen) atoms. The molecule has 0 amide bonds. The van der Waals surface area contributed by atoms with Crippen LogP contribution in [0.3, 0.4) is 0 Å². The molecule has 0 aliphatic carbocycles. The summed E-state index contributed by atoms with van der Waals surface area (Å²) < 4.78 is 0. The Kier molecular flexibility index (Phi) is 4.20. The van der Waals surface area contributed by atoms with Gasteiger partial charge in [0.25, 0.3) is 0 Å². The minimum absolute atomic E-state index is 0.333. The molecule has 8 heteroatoms. The quantitative estimate of drug-likeness (QED) is 0.468. The Morgan fingerprint density at radius 3 is 2.27 bits per heavy atom. The van der Waals surface area contributed by atoms with Gasteiger partial charge in [-0.25, -0.2) is 15.0 Å². The minimum Gasteiger partial charge on any atom is -0.393 e. The Hall–Kier alpha value is -3.45. The van der Waals surface area contributed by atoms with Gasteiger partial charge in [0.05, 0.1) is 11.2 Å². The van der Waals surface area contributed by atoms with Crippen LogP contribution in [0.5, 0.6) is 0 Å². The first-order valence-electron chi connectivity index (χ1n) is 7.81. The van der Waals surface area contributed by atoms with Crippen LogP contribution in [0.25, 0.3) is 10.9 Å². The fourth-order valence-corrected chi connectivity index (χ4v) is 2.71. The average molecular weight is 364 g/mol. The highest BCUT2D eigenvalue weighted by Gasteiger charge is 2.11. The van der Waals surface area contributed by atoms with E-state index in [1.807, 2.05) is 30.3 Å². The van der Waals surface area contributed by atoms with E-state index in [1.165, 1.54) is 6.33 Å². The first kappa shape index (κ1) is 16.0. The second-order valence-electron chi connectivity index (χ2n) is 5.45. The zero-order chi connectivity index (χ0) is 17.9. The van der Waals surface area contributed by atoms with E-state index < -0.39 is 0 Å². The summed E-state index contributed by atoms with van der Waals surface area (Å²) in [5, 5.41) is 7.64. The summed E-state index contributed by atoms with van der Waals surface area (Å²) >= 11 is 6.08. The third kappa shape index (κ3) is 3.07. The molecule has 4 aromatic rings. The topological polar surface area (TPSA) is 102 Å². The van der Waals surface area contributed by atoms with E-state index >= 15 is 0 Å². The number of nitrogens with one attached hydrogen (secondary N) is 2. The van der Waals surface area contributed by atoms with Crippen LogP contribution in [-0.4, -0.2) is 19.9 Å². The fourth-order valence-electron chi connectivity index (χ4n) is 2.54. The Morgan fingerprint density at radius 1 is 0.769 bits per heavy atom. The number of nitrogen functional groups attached to an aromatic ring is 1. The van der Waals surface area contributed by atoms with Gasteiger partial charge in [0, 0.05) is 23.5 Å². The third-order valence-corrected chi connectivity index (χ3v) is 4.10. The smallest absolute Gasteiger partial charge is 0.159 e. The van der Waals surface area contributed by atoms with Gasteiger partial charge < -0.3 is 16.4 Å². The van der Waals surface area contributed by atoms with Crippen molar-refractivity contribution in [2.45, 2.75) is 0 Å².